The average molecular weight is 538 g/mol. The van der Waals surface area contributed by atoms with Crippen molar-refractivity contribution in [2.45, 2.75) is 19.0 Å². The van der Waals surface area contributed by atoms with E-state index < -0.39 is 18.5 Å². The van der Waals surface area contributed by atoms with Gasteiger partial charge in [0.1, 0.15) is 11.6 Å². The molecular formula is C24H24ClF4N7O. The van der Waals surface area contributed by atoms with Crippen LogP contribution in [0.15, 0.2) is 48.8 Å². The number of nitrogens with one attached hydrogen (secondary N) is 2. The summed E-state index contributed by atoms with van der Waals surface area (Å²) in [6, 6.07) is 9.06. The molecule has 0 saturated carbocycles. The zero-order valence-corrected chi connectivity index (χ0v) is 20.4. The normalized spacial score (nSPS) is 14.9. The minimum Gasteiger partial charge on any atom is -0.354 e. The van der Waals surface area contributed by atoms with Crippen molar-refractivity contribution in [1.29, 1.82) is 0 Å². The van der Waals surface area contributed by atoms with Crippen LogP contribution < -0.4 is 10.6 Å². The second-order valence-electron chi connectivity index (χ2n) is 8.59. The van der Waals surface area contributed by atoms with Gasteiger partial charge >= 0.3 is 6.18 Å². The average Bonchev–Trinajstić information content (AvgIpc) is 2.84. The Morgan fingerprint density at radius 2 is 1.89 bits per heavy atom. The Hall–Kier alpha value is -3.35. The molecule has 2 N–H and O–H groups in total. The molecule has 2 aromatic heterocycles. The van der Waals surface area contributed by atoms with Crippen LogP contribution in [0.1, 0.15) is 12.8 Å². The Morgan fingerprint density at radius 3 is 2.70 bits per heavy atom. The maximum absolute atomic E-state index is 14.2. The summed E-state index contributed by atoms with van der Waals surface area (Å²) in [5, 5.41) is 14.1. The SMILES string of the molecule is O=C(CCN1CCCN(CC(F)(F)F)C1)Nc1cc(Nc2cnnc(-c3cc(Cl)ccc3F)c2)ccn1. The third-order valence-electron chi connectivity index (χ3n) is 5.58. The first-order valence-corrected chi connectivity index (χ1v) is 11.8. The van der Waals surface area contributed by atoms with Gasteiger partial charge in [0.05, 0.1) is 30.8 Å². The second kappa shape index (κ2) is 11.8. The summed E-state index contributed by atoms with van der Waals surface area (Å²) >= 11 is 5.97. The number of pyridine rings is 1. The van der Waals surface area contributed by atoms with Crippen molar-refractivity contribution >= 4 is 34.7 Å². The van der Waals surface area contributed by atoms with Crippen LogP contribution in [-0.4, -0.2) is 69.9 Å². The number of nitrogens with zero attached hydrogens (tertiary/aromatic N) is 5. The number of anilines is 3. The highest BCUT2D eigenvalue weighted by atomic mass is 35.5. The maximum atomic E-state index is 14.2. The zero-order valence-electron chi connectivity index (χ0n) is 19.6. The molecule has 37 heavy (non-hydrogen) atoms. The van der Waals surface area contributed by atoms with E-state index in [4.69, 9.17) is 11.6 Å². The first-order valence-electron chi connectivity index (χ1n) is 11.5. The summed E-state index contributed by atoms with van der Waals surface area (Å²) < 4.78 is 52.2. The van der Waals surface area contributed by atoms with Gasteiger partial charge in [-0.05, 0) is 36.8 Å². The maximum Gasteiger partial charge on any atom is 0.401 e. The number of halogens is 5. The number of amides is 1. The van der Waals surface area contributed by atoms with Gasteiger partial charge in [0.25, 0.3) is 0 Å². The van der Waals surface area contributed by atoms with Gasteiger partial charge in [-0.25, -0.2) is 9.37 Å². The summed E-state index contributed by atoms with van der Waals surface area (Å²) in [5.41, 5.74) is 1.62. The molecule has 1 aliphatic heterocycles. The van der Waals surface area contributed by atoms with E-state index in [1.165, 1.54) is 35.5 Å². The minimum atomic E-state index is -4.25. The second-order valence-corrected chi connectivity index (χ2v) is 9.02. The monoisotopic (exact) mass is 537 g/mol. The lowest BCUT2D eigenvalue weighted by molar-refractivity contribution is -0.154. The van der Waals surface area contributed by atoms with Crippen molar-refractivity contribution in [1.82, 2.24) is 25.0 Å². The van der Waals surface area contributed by atoms with Gasteiger partial charge in [0, 0.05) is 54.6 Å². The fraction of sp³-hybridized carbons (Fsp3) is 0.333. The number of hydrogen-bond donors (Lipinski definition) is 2. The molecule has 3 heterocycles. The quantitative estimate of drug-likeness (QED) is 0.394. The molecule has 1 aliphatic rings. The Kier molecular flexibility index (Phi) is 8.52. The van der Waals surface area contributed by atoms with Crippen LogP contribution in [0.3, 0.4) is 0 Å². The Bertz CT molecular complexity index is 1240. The van der Waals surface area contributed by atoms with Crippen molar-refractivity contribution in [3.63, 3.8) is 0 Å². The van der Waals surface area contributed by atoms with E-state index in [0.29, 0.717) is 54.0 Å². The highest BCUT2D eigenvalue weighted by molar-refractivity contribution is 6.30. The van der Waals surface area contributed by atoms with Crippen LogP contribution in [0, 0.1) is 5.82 Å². The molecule has 0 aliphatic carbocycles. The zero-order chi connectivity index (χ0) is 26.4. The van der Waals surface area contributed by atoms with Gasteiger partial charge in [-0.3, -0.25) is 14.6 Å². The molecule has 0 unspecified atom stereocenters. The third-order valence-corrected chi connectivity index (χ3v) is 5.82. The van der Waals surface area contributed by atoms with Gasteiger partial charge in [-0.2, -0.15) is 23.4 Å². The van der Waals surface area contributed by atoms with Gasteiger partial charge in [-0.15, -0.1) is 0 Å². The van der Waals surface area contributed by atoms with Crippen molar-refractivity contribution in [2.24, 2.45) is 0 Å². The molecule has 0 spiro atoms. The molecular weight excluding hydrogens is 514 g/mol. The van der Waals surface area contributed by atoms with E-state index in [1.54, 1.807) is 18.2 Å². The molecule has 1 saturated heterocycles. The highest BCUT2D eigenvalue weighted by Crippen LogP contribution is 2.27. The van der Waals surface area contributed by atoms with E-state index >= 15 is 0 Å². The van der Waals surface area contributed by atoms with Gasteiger partial charge in [-0.1, -0.05) is 11.6 Å². The summed E-state index contributed by atoms with van der Waals surface area (Å²) in [4.78, 5) is 19.7. The fourth-order valence-electron chi connectivity index (χ4n) is 3.98. The van der Waals surface area contributed by atoms with E-state index in [0.717, 1.165) is 0 Å². The molecule has 0 bridgehead atoms. The van der Waals surface area contributed by atoms with Crippen molar-refractivity contribution in [3.8, 4) is 11.3 Å². The number of aromatic nitrogens is 3. The first-order chi connectivity index (χ1) is 17.6. The number of rotatable bonds is 8. The van der Waals surface area contributed by atoms with E-state index in [-0.39, 0.29) is 24.6 Å². The number of alkyl halides is 3. The summed E-state index contributed by atoms with van der Waals surface area (Å²) in [6.45, 7) is 0.575. The van der Waals surface area contributed by atoms with Crippen molar-refractivity contribution < 1.29 is 22.4 Å². The lowest BCUT2D eigenvalue weighted by Crippen LogP contribution is -2.48. The molecule has 196 valence electrons. The van der Waals surface area contributed by atoms with Gasteiger partial charge in [0.15, 0.2) is 0 Å². The van der Waals surface area contributed by atoms with Crippen LogP contribution in [0.2, 0.25) is 5.02 Å². The summed E-state index contributed by atoms with van der Waals surface area (Å²) in [5.74, 6) is -0.486. The molecule has 1 fully saturated rings. The third kappa shape index (κ3) is 8.07. The van der Waals surface area contributed by atoms with Gasteiger partial charge < -0.3 is 10.6 Å². The number of carbonyl (C=O) groups excluding carboxylic acids is 1. The van der Waals surface area contributed by atoms with E-state index in [1.807, 2.05) is 4.90 Å². The first kappa shape index (κ1) is 26.7. The van der Waals surface area contributed by atoms with E-state index in [2.05, 4.69) is 25.8 Å². The predicted molar refractivity (Wildman–Crippen MR) is 132 cm³/mol. The topological polar surface area (TPSA) is 86.3 Å². The number of hydrogen-bond acceptors (Lipinski definition) is 7. The molecule has 8 nitrogen and oxygen atoms in total. The van der Waals surface area contributed by atoms with Crippen molar-refractivity contribution in [2.75, 3.05) is 43.5 Å². The Morgan fingerprint density at radius 1 is 1.08 bits per heavy atom. The van der Waals surface area contributed by atoms with Crippen LogP contribution in [-0.2, 0) is 4.79 Å². The highest BCUT2D eigenvalue weighted by Gasteiger charge is 2.32. The smallest absolute Gasteiger partial charge is 0.354 e. The van der Waals surface area contributed by atoms with Crippen LogP contribution in [0.4, 0.5) is 34.8 Å². The standard InChI is InChI=1S/C24H24ClF4N7O/c25-16-2-3-20(26)19(10-16)21-11-18(13-31-34-21)32-17-4-6-30-22(12-17)33-23(37)5-9-35-7-1-8-36(15-35)14-24(27,28)29/h2-4,6,10-13H,1,5,7-9,14-15H2,(H2,30,32,33,34,37). The fourth-order valence-corrected chi connectivity index (χ4v) is 4.15. The predicted octanol–water partition coefficient (Wildman–Crippen LogP) is 4.93. The lowest BCUT2D eigenvalue weighted by atomic mass is 10.1. The summed E-state index contributed by atoms with van der Waals surface area (Å²) in [7, 11) is 0. The minimum absolute atomic E-state index is 0.113. The van der Waals surface area contributed by atoms with Crippen LogP contribution in [0.5, 0.6) is 0 Å². The van der Waals surface area contributed by atoms with E-state index in [9.17, 15) is 22.4 Å². The Labute approximate surface area is 215 Å². The number of carbonyl (C=O) groups is 1. The molecule has 1 amide bonds. The molecule has 0 atom stereocenters. The number of benzene rings is 1. The molecule has 3 aromatic rings. The van der Waals surface area contributed by atoms with Crippen LogP contribution >= 0.6 is 11.6 Å². The summed E-state index contributed by atoms with van der Waals surface area (Å²) in [6.07, 6.45) is -0.552. The molecule has 0 radical (unpaired) electrons. The Balaban J connectivity index is 1.33. The van der Waals surface area contributed by atoms with Crippen molar-refractivity contribution in [3.05, 3.63) is 59.6 Å². The largest absolute Gasteiger partial charge is 0.401 e. The lowest BCUT2D eigenvalue weighted by Gasteiger charge is -2.35. The van der Waals surface area contributed by atoms with Crippen LogP contribution in [0.25, 0.3) is 11.3 Å². The molecule has 13 heteroatoms. The van der Waals surface area contributed by atoms with Gasteiger partial charge in [0.2, 0.25) is 5.91 Å². The molecule has 1 aromatic carbocycles. The molecule has 4 rings (SSSR count).